The molecule has 1 aromatic carbocycles. The van der Waals surface area contributed by atoms with E-state index >= 15 is 0 Å². The lowest BCUT2D eigenvalue weighted by molar-refractivity contribution is -0.131. The van der Waals surface area contributed by atoms with Crippen molar-refractivity contribution in [2.75, 3.05) is 27.2 Å². The second-order valence-electron chi connectivity index (χ2n) is 9.66. The molecule has 8 heteroatoms. The molecule has 0 N–H and O–H groups in total. The zero-order chi connectivity index (χ0) is 21.6. The van der Waals surface area contributed by atoms with Crippen molar-refractivity contribution < 1.29 is 22.7 Å². The summed E-state index contributed by atoms with van der Waals surface area (Å²) >= 11 is 0. The van der Waals surface area contributed by atoms with Gasteiger partial charge in [0.05, 0.1) is 10.5 Å². The molecule has 1 aromatic rings. The minimum Gasteiger partial charge on any atom is -0.452 e. The molecule has 2 atom stereocenters. The molecule has 1 aliphatic carbocycles. The van der Waals surface area contributed by atoms with Crippen molar-refractivity contribution in [3.05, 3.63) is 29.8 Å². The van der Waals surface area contributed by atoms with Crippen LogP contribution in [-0.4, -0.2) is 62.8 Å². The molecule has 3 rings (SSSR count). The highest BCUT2D eigenvalue weighted by Gasteiger charge is 2.53. The first-order valence-corrected chi connectivity index (χ1v) is 11.3. The van der Waals surface area contributed by atoms with Crippen LogP contribution in [0.15, 0.2) is 29.2 Å². The third-order valence-electron chi connectivity index (χ3n) is 5.87. The van der Waals surface area contributed by atoms with E-state index in [-0.39, 0.29) is 39.8 Å². The number of hydrogen-bond acceptors (Lipinski definition) is 5. The fourth-order valence-electron chi connectivity index (χ4n) is 4.95. The SMILES string of the molecule is CN(C)C(=O)COC(=O)c1cccc(S(=O)(=O)N2C[C@]3(C)C[C@H]2CC(C)(C)C3)c1. The average Bonchev–Trinajstić information content (AvgIpc) is 2.88. The van der Waals surface area contributed by atoms with Crippen LogP contribution in [-0.2, 0) is 19.6 Å². The van der Waals surface area contributed by atoms with Gasteiger partial charge in [0.25, 0.3) is 5.91 Å². The molecule has 2 bridgehead atoms. The Morgan fingerprint density at radius 2 is 1.90 bits per heavy atom. The predicted octanol–water partition coefficient (Wildman–Crippen LogP) is 2.52. The normalized spacial score (nSPS) is 26.2. The molecule has 2 aliphatic rings. The molecule has 2 fully saturated rings. The first-order valence-electron chi connectivity index (χ1n) is 9.82. The van der Waals surface area contributed by atoms with Gasteiger partial charge in [-0.25, -0.2) is 13.2 Å². The van der Waals surface area contributed by atoms with Crippen molar-refractivity contribution in [1.82, 2.24) is 9.21 Å². The molecule has 1 aliphatic heterocycles. The van der Waals surface area contributed by atoms with Crippen molar-refractivity contribution in [1.29, 1.82) is 0 Å². The molecular weight excluding hydrogens is 392 g/mol. The summed E-state index contributed by atoms with van der Waals surface area (Å²) in [5, 5.41) is 0. The fourth-order valence-corrected chi connectivity index (χ4v) is 6.77. The molecular formula is C21H30N2O5S. The summed E-state index contributed by atoms with van der Waals surface area (Å²) in [6, 6.07) is 5.85. The number of hydrogen-bond donors (Lipinski definition) is 0. The van der Waals surface area contributed by atoms with Crippen LogP contribution in [0.4, 0.5) is 0 Å². The third kappa shape index (κ3) is 4.48. The summed E-state index contributed by atoms with van der Waals surface area (Å²) in [6.07, 6.45) is 2.69. The molecule has 160 valence electrons. The standard InChI is InChI=1S/C21H30N2O5S/c1-20(2)10-16-11-21(3,13-20)14-23(16)29(26,27)17-8-6-7-15(9-17)19(25)28-12-18(24)22(4)5/h6-9,16H,10-14H2,1-5H3/t16-,21-/m1/s1. The Labute approximate surface area is 173 Å². The number of carbonyl (C=O) groups excluding carboxylic acids is 2. The van der Waals surface area contributed by atoms with Crippen LogP contribution in [0.2, 0.25) is 0 Å². The van der Waals surface area contributed by atoms with E-state index < -0.39 is 16.0 Å². The Bertz CT molecular complexity index is 925. The number of benzene rings is 1. The van der Waals surface area contributed by atoms with Gasteiger partial charge in [0.15, 0.2) is 6.61 Å². The van der Waals surface area contributed by atoms with Crippen molar-refractivity contribution in [3.8, 4) is 0 Å². The molecule has 1 heterocycles. The minimum atomic E-state index is -3.73. The van der Waals surface area contributed by atoms with E-state index in [9.17, 15) is 18.0 Å². The minimum absolute atomic E-state index is 0.0252. The van der Waals surface area contributed by atoms with Crippen LogP contribution in [0.5, 0.6) is 0 Å². The van der Waals surface area contributed by atoms with E-state index in [4.69, 9.17) is 4.74 Å². The number of ether oxygens (including phenoxy) is 1. The smallest absolute Gasteiger partial charge is 0.338 e. The zero-order valence-corrected chi connectivity index (χ0v) is 18.6. The van der Waals surface area contributed by atoms with Gasteiger partial charge in [0.2, 0.25) is 10.0 Å². The van der Waals surface area contributed by atoms with E-state index in [0.717, 1.165) is 19.3 Å². The van der Waals surface area contributed by atoms with Crippen molar-refractivity contribution in [3.63, 3.8) is 0 Å². The van der Waals surface area contributed by atoms with Crippen LogP contribution in [0.25, 0.3) is 0 Å². The summed E-state index contributed by atoms with van der Waals surface area (Å²) in [4.78, 5) is 25.3. The Morgan fingerprint density at radius 3 is 2.55 bits per heavy atom. The van der Waals surface area contributed by atoms with Crippen molar-refractivity contribution in [2.24, 2.45) is 10.8 Å². The average molecular weight is 423 g/mol. The quantitative estimate of drug-likeness (QED) is 0.681. The zero-order valence-electron chi connectivity index (χ0n) is 17.8. The van der Waals surface area contributed by atoms with Crippen LogP contribution in [0.1, 0.15) is 50.4 Å². The van der Waals surface area contributed by atoms with Gasteiger partial charge in [-0.1, -0.05) is 26.8 Å². The molecule has 0 radical (unpaired) electrons. The highest BCUT2D eigenvalue weighted by molar-refractivity contribution is 7.89. The van der Waals surface area contributed by atoms with Crippen molar-refractivity contribution in [2.45, 2.75) is 51.0 Å². The van der Waals surface area contributed by atoms with Crippen molar-refractivity contribution >= 4 is 21.9 Å². The van der Waals surface area contributed by atoms with E-state index in [1.807, 2.05) is 0 Å². The molecule has 1 saturated carbocycles. The molecule has 0 unspecified atom stereocenters. The maximum Gasteiger partial charge on any atom is 0.338 e. The topological polar surface area (TPSA) is 84.0 Å². The van der Waals surface area contributed by atoms with Gasteiger partial charge in [-0.15, -0.1) is 0 Å². The number of fused-ring (bicyclic) bond motifs is 2. The summed E-state index contributed by atoms with van der Waals surface area (Å²) < 4.78 is 33.4. The molecule has 29 heavy (non-hydrogen) atoms. The van der Waals surface area contributed by atoms with E-state index in [1.54, 1.807) is 18.4 Å². The Morgan fingerprint density at radius 1 is 1.21 bits per heavy atom. The Hall–Kier alpha value is -1.93. The number of rotatable bonds is 5. The predicted molar refractivity (Wildman–Crippen MR) is 109 cm³/mol. The van der Waals surface area contributed by atoms with Gasteiger partial charge >= 0.3 is 5.97 Å². The number of amides is 1. The van der Waals surface area contributed by atoms with Crippen LogP contribution in [0, 0.1) is 10.8 Å². The van der Waals surface area contributed by atoms with Gasteiger partial charge in [0.1, 0.15) is 0 Å². The largest absolute Gasteiger partial charge is 0.452 e. The van der Waals surface area contributed by atoms with Gasteiger partial charge in [0, 0.05) is 26.7 Å². The number of sulfonamides is 1. The second-order valence-corrected chi connectivity index (χ2v) is 11.5. The lowest BCUT2D eigenvalue weighted by atomic mass is 9.65. The molecule has 1 amide bonds. The summed E-state index contributed by atoms with van der Waals surface area (Å²) in [6.45, 7) is 6.66. The molecule has 1 saturated heterocycles. The number of carbonyl (C=O) groups is 2. The molecule has 0 spiro atoms. The Balaban J connectivity index is 1.81. The van der Waals surface area contributed by atoms with E-state index in [2.05, 4.69) is 20.8 Å². The lowest BCUT2D eigenvalue weighted by Gasteiger charge is -2.39. The van der Waals surface area contributed by atoms with Crippen LogP contribution in [0.3, 0.4) is 0 Å². The second kappa shape index (κ2) is 7.40. The Kier molecular flexibility index (Phi) is 5.55. The number of esters is 1. The van der Waals surface area contributed by atoms with Gasteiger partial charge in [-0.3, -0.25) is 4.79 Å². The molecule has 7 nitrogen and oxygen atoms in total. The third-order valence-corrected chi connectivity index (χ3v) is 7.76. The van der Waals surface area contributed by atoms with Crippen LogP contribution >= 0.6 is 0 Å². The van der Waals surface area contributed by atoms with Gasteiger partial charge < -0.3 is 9.64 Å². The van der Waals surface area contributed by atoms with Gasteiger partial charge in [-0.05, 0) is 48.3 Å². The van der Waals surface area contributed by atoms with Gasteiger partial charge in [-0.2, -0.15) is 4.31 Å². The monoisotopic (exact) mass is 422 g/mol. The first kappa shape index (κ1) is 21.8. The first-order chi connectivity index (χ1) is 13.3. The maximum absolute atomic E-state index is 13.4. The number of likely N-dealkylation sites (N-methyl/N-ethyl adjacent to an activating group) is 1. The number of nitrogens with zero attached hydrogens (tertiary/aromatic N) is 2. The lowest BCUT2D eigenvalue weighted by Crippen LogP contribution is -2.37. The van der Waals surface area contributed by atoms with E-state index in [1.165, 1.54) is 29.2 Å². The molecule has 0 aromatic heterocycles. The van der Waals surface area contributed by atoms with E-state index in [0.29, 0.717) is 6.54 Å². The highest BCUT2D eigenvalue weighted by Crippen LogP contribution is 2.53. The maximum atomic E-state index is 13.4. The summed E-state index contributed by atoms with van der Waals surface area (Å²) in [7, 11) is -0.598. The summed E-state index contributed by atoms with van der Waals surface area (Å²) in [5.41, 5.74) is 0.195. The highest BCUT2D eigenvalue weighted by atomic mass is 32.2. The fraction of sp³-hybridized carbons (Fsp3) is 0.619. The summed E-state index contributed by atoms with van der Waals surface area (Å²) in [5.74, 6) is -1.06. The van der Waals surface area contributed by atoms with Crippen LogP contribution < -0.4 is 0 Å².